The maximum absolute atomic E-state index is 13.5. The van der Waals surface area contributed by atoms with E-state index in [9.17, 15) is 18.7 Å². The number of hydrogen-bond donors (Lipinski definition) is 1. The summed E-state index contributed by atoms with van der Waals surface area (Å²) in [4.78, 5) is 20.4. The van der Waals surface area contributed by atoms with Crippen LogP contribution in [0.3, 0.4) is 0 Å². The van der Waals surface area contributed by atoms with E-state index in [-0.39, 0.29) is 23.3 Å². The summed E-state index contributed by atoms with van der Waals surface area (Å²) in [6.07, 6.45) is 4.23. The lowest BCUT2D eigenvalue weighted by atomic mass is 10.1. The van der Waals surface area contributed by atoms with Crippen molar-refractivity contribution in [2.45, 2.75) is 6.42 Å². The van der Waals surface area contributed by atoms with E-state index < -0.39 is 11.6 Å². The second kappa shape index (κ2) is 7.59. The van der Waals surface area contributed by atoms with Gasteiger partial charge in [0.15, 0.2) is 23.2 Å². The van der Waals surface area contributed by atoms with E-state index in [4.69, 9.17) is 0 Å². The molecule has 0 radical (unpaired) electrons. The molecular formula is C21H14F2N4O2. The summed E-state index contributed by atoms with van der Waals surface area (Å²) in [5.74, 6) is -1.55. The van der Waals surface area contributed by atoms with Crippen LogP contribution in [0.4, 0.5) is 8.78 Å². The largest absolute Gasteiger partial charge is 0.505 e. The van der Waals surface area contributed by atoms with Gasteiger partial charge >= 0.3 is 0 Å². The van der Waals surface area contributed by atoms with Crippen molar-refractivity contribution in [1.82, 2.24) is 19.7 Å². The van der Waals surface area contributed by atoms with Crippen molar-refractivity contribution >= 4 is 0 Å². The quantitative estimate of drug-likeness (QED) is 0.577. The smallest absolute Gasteiger partial charge is 0.203 e. The fourth-order valence-electron chi connectivity index (χ4n) is 2.82. The van der Waals surface area contributed by atoms with Crippen LogP contribution in [0.1, 0.15) is 11.3 Å². The fraction of sp³-hybridized carbons (Fsp3) is 0.0476. The summed E-state index contributed by atoms with van der Waals surface area (Å²) in [5.41, 5.74) is 1.80. The minimum Gasteiger partial charge on any atom is -0.505 e. The highest BCUT2D eigenvalue weighted by Gasteiger charge is 2.09. The molecule has 0 atom stereocenters. The number of aromatic nitrogens is 4. The van der Waals surface area contributed by atoms with Crippen LogP contribution in [0.5, 0.6) is 5.75 Å². The Morgan fingerprint density at radius 1 is 0.966 bits per heavy atom. The molecule has 0 fully saturated rings. The van der Waals surface area contributed by atoms with Gasteiger partial charge in [0, 0.05) is 30.3 Å². The first-order valence-electron chi connectivity index (χ1n) is 8.64. The minimum absolute atomic E-state index is 0.0313. The topological polar surface area (TPSA) is 80.9 Å². The lowest BCUT2D eigenvalue weighted by Gasteiger charge is -2.09. The van der Waals surface area contributed by atoms with Crippen molar-refractivity contribution in [3.05, 3.63) is 100 Å². The van der Waals surface area contributed by atoms with Crippen LogP contribution in [0.2, 0.25) is 0 Å². The zero-order valence-electron chi connectivity index (χ0n) is 15.0. The molecule has 0 aliphatic heterocycles. The molecule has 2 aromatic carbocycles. The molecule has 1 N–H and O–H groups in total. The van der Waals surface area contributed by atoms with E-state index in [1.54, 1.807) is 6.07 Å². The Morgan fingerprint density at radius 3 is 2.52 bits per heavy atom. The zero-order chi connectivity index (χ0) is 20.4. The number of aromatic hydroxyl groups is 1. The Kier molecular flexibility index (Phi) is 4.82. The summed E-state index contributed by atoms with van der Waals surface area (Å²) in [5, 5.41) is 13.6. The van der Waals surface area contributed by atoms with Crippen LogP contribution < -0.4 is 5.43 Å². The summed E-state index contributed by atoms with van der Waals surface area (Å²) >= 11 is 0. The van der Waals surface area contributed by atoms with Gasteiger partial charge in [-0.1, -0.05) is 18.2 Å². The number of nitrogens with zero attached hydrogens (tertiary/aromatic N) is 4. The first-order chi connectivity index (χ1) is 14.0. The molecule has 4 aromatic rings. The van der Waals surface area contributed by atoms with Gasteiger partial charge in [-0.2, -0.15) is 5.10 Å². The fourth-order valence-corrected chi connectivity index (χ4v) is 2.82. The van der Waals surface area contributed by atoms with Crippen molar-refractivity contribution in [3.63, 3.8) is 0 Å². The third-order valence-electron chi connectivity index (χ3n) is 4.24. The van der Waals surface area contributed by atoms with Crippen molar-refractivity contribution < 1.29 is 13.9 Å². The first kappa shape index (κ1) is 18.4. The lowest BCUT2D eigenvalue weighted by Crippen LogP contribution is -2.16. The molecule has 29 heavy (non-hydrogen) atoms. The van der Waals surface area contributed by atoms with E-state index in [0.717, 1.165) is 23.3 Å². The lowest BCUT2D eigenvalue weighted by molar-refractivity contribution is 0.470. The van der Waals surface area contributed by atoms with Crippen LogP contribution in [-0.2, 0) is 6.42 Å². The number of benzene rings is 2. The van der Waals surface area contributed by atoms with E-state index in [1.807, 2.05) is 18.2 Å². The van der Waals surface area contributed by atoms with Gasteiger partial charge < -0.3 is 5.11 Å². The third-order valence-corrected chi connectivity index (χ3v) is 4.24. The van der Waals surface area contributed by atoms with Gasteiger partial charge in [-0.3, -0.25) is 4.79 Å². The Morgan fingerprint density at radius 2 is 1.76 bits per heavy atom. The average Bonchev–Trinajstić information content (AvgIpc) is 2.72. The second-order valence-corrected chi connectivity index (χ2v) is 6.31. The summed E-state index contributed by atoms with van der Waals surface area (Å²) < 4.78 is 28.0. The molecule has 0 unspecified atom stereocenters. The molecule has 144 valence electrons. The first-order valence-corrected chi connectivity index (χ1v) is 8.64. The third kappa shape index (κ3) is 4.01. The summed E-state index contributed by atoms with van der Waals surface area (Å²) in [7, 11) is 0. The van der Waals surface area contributed by atoms with Crippen LogP contribution in [0, 0.1) is 11.6 Å². The van der Waals surface area contributed by atoms with Gasteiger partial charge in [-0.15, -0.1) is 0 Å². The molecule has 2 heterocycles. The summed E-state index contributed by atoms with van der Waals surface area (Å²) in [6.45, 7) is 0. The molecule has 0 aliphatic carbocycles. The SMILES string of the molecule is O=c1ccn(-c2ccc(F)c(F)c2)nc1Cc1cccc(-c2ncc(O)cn2)c1. The molecule has 0 amide bonds. The predicted molar refractivity (Wildman–Crippen MR) is 102 cm³/mol. The molecule has 0 bridgehead atoms. The molecule has 0 saturated heterocycles. The number of halogens is 2. The molecule has 0 saturated carbocycles. The highest BCUT2D eigenvalue weighted by molar-refractivity contribution is 5.56. The number of rotatable bonds is 4. The van der Waals surface area contributed by atoms with E-state index >= 15 is 0 Å². The maximum Gasteiger partial charge on any atom is 0.203 e. The van der Waals surface area contributed by atoms with Gasteiger partial charge in [0.2, 0.25) is 5.43 Å². The molecule has 4 rings (SSSR count). The Hall–Kier alpha value is -3.94. The van der Waals surface area contributed by atoms with E-state index in [0.29, 0.717) is 11.5 Å². The Labute approximate surface area is 163 Å². The standard InChI is InChI=1S/C21H14F2N4O2/c22-17-5-4-15(10-18(17)23)27-7-6-20(29)19(26-27)9-13-2-1-3-14(8-13)21-24-11-16(28)12-25-21/h1-8,10-12,28H,9H2. The van der Waals surface area contributed by atoms with Gasteiger partial charge in [0.05, 0.1) is 18.1 Å². The highest BCUT2D eigenvalue weighted by atomic mass is 19.2. The number of hydrogen-bond acceptors (Lipinski definition) is 5. The Bertz CT molecular complexity index is 1240. The van der Waals surface area contributed by atoms with Crippen molar-refractivity contribution in [1.29, 1.82) is 0 Å². The maximum atomic E-state index is 13.5. The van der Waals surface area contributed by atoms with Crippen molar-refractivity contribution in [3.8, 4) is 22.8 Å². The molecule has 6 nitrogen and oxygen atoms in total. The molecular weight excluding hydrogens is 378 g/mol. The van der Waals surface area contributed by atoms with E-state index in [1.165, 1.54) is 35.4 Å². The predicted octanol–water partition coefficient (Wildman–Crippen LogP) is 3.26. The average molecular weight is 392 g/mol. The van der Waals surface area contributed by atoms with Gasteiger partial charge in [-0.25, -0.2) is 23.4 Å². The second-order valence-electron chi connectivity index (χ2n) is 6.31. The molecule has 0 spiro atoms. The van der Waals surface area contributed by atoms with Crippen molar-refractivity contribution in [2.75, 3.05) is 0 Å². The van der Waals surface area contributed by atoms with Gasteiger partial charge in [-0.05, 0) is 23.8 Å². The molecule has 2 aromatic heterocycles. The normalized spacial score (nSPS) is 10.8. The van der Waals surface area contributed by atoms with E-state index in [2.05, 4.69) is 15.1 Å². The van der Waals surface area contributed by atoms with Crippen LogP contribution in [-0.4, -0.2) is 24.9 Å². The van der Waals surface area contributed by atoms with Gasteiger partial charge in [0.25, 0.3) is 0 Å². The zero-order valence-corrected chi connectivity index (χ0v) is 15.0. The van der Waals surface area contributed by atoms with Crippen molar-refractivity contribution in [2.24, 2.45) is 0 Å². The molecule has 0 aliphatic rings. The molecule has 8 heteroatoms. The van der Waals surface area contributed by atoms with Crippen LogP contribution in [0.15, 0.2) is 71.9 Å². The summed E-state index contributed by atoms with van der Waals surface area (Å²) in [6, 6.07) is 12.0. The van der Waals surface area contributed by atoms with Crippen LogP contribution >= 0.6 is 0 Å². The Balaban J connectivity index is 1.66. The monoisotopic (exact) mass is 392 g/mol. The van der Waals surface area contributed by atoms with Crippen LogP contribution in [0.25, 0.3) is 17.1 Å². The highest BCUT2D eigenvalue weighted by Crippen LogP contribution is 2.19. The minimum atomic E-state index is -0.994. The van der Waals surface area contributed by atoms with Gasteiger partial charge in [0.1, 0.15) is 5.69 Å².